The van der Waals surface area contributed by atoms with Gasteiger partial charge in [0, 0.05) is 10.4 Å². The van der Waals surface area contributed by atoms with Crippen molar-refractivity contribution in [3.05, 3.63) is 21.9 Å². The van der Waals surface area contributed by atoms with Gasteiger partial charge >= 0.3 is 0 Å². The molecule has 0 bridgehead atoms. The molecule has 2 nitrogen and oxygen atoms in total. The van der Waals surface area contributed by atoms with Gasteiger partial charge in [-0.05, 0) is 24.8 Å². The Morgan fingerprint density at radius 2 is 2.42 bits per heavy atom. The van der Waals surface area contributed by atoms with Crippen LogP contribution >= 0.6 is 11.3 Å². The molecule has 3 heteroatoms. The van der Waals surface area contributed by atoms with Gasteiger partial charge in [0.2, 0.25) is 0 Å². The molecule has 1 atom stereocenters. The van der Waals surface area contributed by atoms with Crippen LogP contribution in [0.3, 0.4) is 0 Å². The van der Waals surface area contributed by atoms with Gasteiger partial charge in [0.05, 0.1) is 6.04 Å². The molecular weight excluding hydrogens is 170 g/mol. The summed E-state index contributed by atoms with van der Waals surface area (Å²) >= 11 is 1.58. The highest BCUT2D eigenvalue weighted by molar-refractivity contribution is 7.10. The Hall–Kier alpha value is -0.670. The average Bonchev–Trinajstić information content (AvgIpc) is 2.48. The van der Waals surface area contributed by atoms with Crippen molar-refractivity contribution in [2.45, 2.75) is 26.3 Å². The van der Waals surface area contributed by atoms with Gasteiger partial charge in [-0.1, -0.05) is 6.92 Å². The maximum atomic E-state index is 11.5. The molecule has 0 amide bonds. The number of hydrogen-bond donors (Lipinski definition) is 1. The van der Waals surface area contributed by atoms with Crippen LogP contribution in [0.2, 0.25) is 0 Å². The zero-order chi connectivity index (χ0) is 9.14. The summed E-state index contributed by atoms with van der Waals surface area (Å²) in [4.78, 5) is 12.6. The van der Waals surface area contributed by atoms with Gasteiger partial charge in [0.25, 0.3) is 0 Å². The minimum atomic E-state index is -0.335. The molecule has 0 aliphatic rings. The van der Waals surface area contributed by atoms with Crippen molar-refractivity contribution in [2.24, 2.45) is 5.73 Å². The largest absolute Gasteiger partial charge is 0.321 e. The van der Waals surface area contributed by atoms with Crippen molar-refractivity contribution in [2.75, 3.05) is 0 Å². The summed E-state index contributed by atoms with van der Waals surface area (Å²) < 4.78 is 0. The van der Waals surface area contributed by atoms with Crippen LogP contribution in [0.15, 0.2) is 11.4 Å². The minimum absolute atomic E-state index is 0.0660. The fraction of sp³-hybridized carbons (Fsp3) is 0.444. The van der Waals surface area contributed by atoms with Gasteiger partial charge in [-0.25, -0.2) is 0 Å². The van der Waals surface area contributed by atoms with Crippen LogP contribution in [0.1, 0.15) is 28.6 Å². The van der Waals surface area contributed by atoms with Crippen molar-refractivity contribution < 1.29 is 4.79 Å². The van der Waals surface area contributed by atoms with Crippen molar-refractivity contribution in [1.82, 2.24) is 0 Å². The van der Waals surface area contributed by atoms with Crippen LogP contribution in [0.4, 0.5) is 0 Å². The van der Waals surface area contributed by atoms with Gasteiger partial charge in [0.15, 0.2) is 5.78 Å². The summed E-state index contributed by atoms with van der Waals surface area (Å²) in [5.41, 5.74) is 6.42. The van der Waals surface area contributed by atoms with Gasteiger partial charge in [-0.2, -0.15) is 0 Å². The SMILES string of the molecule is CCC(N)C(=O)c1ccsc1C. The van der Waals surface area contributed by atoms with E-state index in [4.69, 9.17) is 5.73 Å². The number of hydrogen-bond acceptors (Lipinski definition) is 3. The molecular formula is C9H13NOS. The summed E-state index contributed by atoms with van der Waals surface area (Å²) in [5.74, 6) is 0.0660. The van der Waals surface area contributed by atoms with Crippen LogP contribution in [-0.2, 0) is 0 Å². The molecule has 2 N–H and O–H groups in total. The van der Waals surface area contributed by atoms with Crippen LogP contribution in [-0.4, -0.2) is 11.8 Å². The molecule has 0 aliphatic heterocycles. The Bertz CT molecular complexity index is 280. The summed E-state index contributed by atoms with van der Waals surface area (Å²) in [5, 5.41) is 1.92. The monoisotopic (exact) mass is 183 g/mol. The van der Waals surface area contributed by atoms with E-state index >= 15 is 0 Å². The molecule has 12 heavy (non-hydrogen) atoms. The van der Waals surface area contributed by atoms with Crippen molar-refractivity contribution >= 4 is 17.1 Å². The Morgan fingerprint density at radius 3 is 2.83 bits per heavy atom. The van der Waals surface area contributed by atoms with E-state index in [2.05, 4.69) is 0 Å². The van der Waals surface area contributed by atoms with E-state index in [0.29, 0.717) is 6.42 Å². The quantitative estimate of drug-likeness (QED) is 0.728. The third-order valence-corrected chi connectivity index (χ3v) is 2.75. The highest BCUT2D eigenvalue weighted by atomic mass is 32.1. The third kappa shape index (κ3) is 1.73. The van der Waals surface area contributed by atoms with Crippen LogP contribution < -0.4 is 5.73 Å². The van der Waals surface area contributed by atoms with Gasteiger partial charge in [-0.3, -0.25) is 4.79 Å². The predicted octanol–water partition coefficient (Wildman–Crippen LogP) is 1.98. The number of carbonyl (C=O) groups is 1. The normalized spacial score (nSPS) is 12.9. The molecule has 0 aromatic carbocycles. The summed E-state index contributed by atoms with van der Waals surface area (Å²) in [6.07, 6.45) is 0.702. The third-order valence-electron chi connectivity index (χ3n) is 1.90. The molecule has 0 spiro atoms. The van der Waals surface area contributed by atoms with E-state index in [1.54, 1.807) is 11.3 Å². The maximum Gasteiger partial charge on any atom is 0.180 e. The topological polar surface area (TPSA) is 43.1 Å². The lowest BCUT2D eigenvalue weighted by Crippen LogP contribution is -2.29. The second-order valence-corrected chi connectivity index (χ2v) is 3.89. The zero-order valence-corrected chi connectivity index (χ0v) is 8.15. The Labute approximate surface area is 76.4 Å². The van der Waals surface area contributed by atoms with Gasteiger partial charge < -0.3 is 5.73 Å². The number of rotatable bonds is 3. The number of thiophene rings is 1. The van der Waals surface area contributed by atoms with Gasteiger partial charge in [0.1, 0.15) is 0 Å². The zero-order valence-electron chi connectivity index (χ0n) is 7.33. The molecule has 1 unspecified atom stereocenters. The van der Waals surface area contributed by atoms with Gasteiger partial charge in [-0.15, -0.1) is 11.3 Å². The summed E-state index contributed by atoms with van der Waals surface area (Å²) in [6, 6.07) is 1.51. The average molecular weight is 183 g/mol. The molecule has 0 saturated carbocycles. The first kappa shape index (κ1) is 9.42. The van der Waals surface area contributed by atoms with Crippen molar-refractivity contribution in [3.63, 3.8) is 0 Å². The fourth-order valence-corrected chi connectivity index (χ4v) is 1.73. The fourth-order valence-electron chi connectivity index (χ4n) is 1.03. The van der Waals surface area contributed by atoms with Crippen molar-refractivity contribution in [1.29, 1.82) is 0 Å². The lowest BCUT2D eigenvalue weighted by atomic mass is 10.0. The molecule has 66 valence electrons. The lowest BCUT2D eigenvalue weighted by Gasteiger charge is -2.05. The highest BCUT2D eigenvalue weighted by Gasteiger charge is 2.15. The first-order chi connectivity index (χ1) is 5.66. The highest BCUT2D eigenvalue weighted by Crippen LogP contribution is 2.16. The number of ketones is 1. The Kier molecular flexibility index (Phi) is 3.00. The van der Waals surface area contributed by atoms with E-state index in [1.807, 2.05) is 25.3 Å². The molecule has 1 aromatic rings. The first-order valence-corrected chi connectivity index (χ1v) is 4.88. The standard InChI is InChI=1S/C9H13NOS/c1-3-8(10)9(11)7-4-5-12-6(7)2/h4-5,8H,3,10H2,1-2H3. The molecule has 1 rings (SSSR count). The predicted molar refractivity (Wildman–Crippen MR) is 51.7 cm³/mol. The Morgan fingerprint density at radius 1 is 1.75 bits per heavy atom. The summed E-state index contributed by atoms with van der Waals surface area (Å²) in [6.45, 7) is 3.87. The molecule has 1 aromatic heterocycles. The van der Waals surface area contributed by atoms with Crippen LogP contribution in [0.5, 0.6) is 0 Å². The molecule has 0 saturated heterocycles. The second kappa shape index (κ2) is 3.83. The molecule has 0 aliphatic carbocycles. The number of Topliss-reactive ketones (excluding diaryl/α,β-unsaturated/α-hetero) is 1. The number of aryl methyl sites for hydroxylation is 1. The van der Waals surface area contributed by atoms with E-state index in [0.717, 1.165) is 10.4 Å². The maximum absolute atomic E-state index is 11.5. The molecule has 0 radical (unpaired) electrons. The first-order valence-electron chi connectivity index (χ1n) is 4.00. The van der Waals surface area contributed by atoms with Crippen molar-refractivity contribution in [3.8, 4) is 0 Å². The van der Waals surface area contributed by atoms with E-state index in [9.17, 15) is 4.79 Å². The van der Waals surface area contributed by atoms with E-state index in [1.165, 1.54) is 0 Å². The second-order valence-electron chi connectivity index (χ2n) is 2.77. The van der Waals surface area contributed by atoms with Crippen LogP contribution in [0, 0.1) is 6.92 Å². The lowest BCUT2D eigenvalue weighted by molar-refractivity contribution is 0.0959. The van der Waals surface area contributed by atoms with E-state index < -0.39 is 0 Å². The molecule has 0 fully saturated rings. The minimum Gasteiger partial charge on any atom is -0.321 e. The Balaban J connectivity index is 2.85. The molecule has 1 heterocycles. The number of carbonyl (C=O) groups excluding carboxylic acids is 1. The van der Waals surface area contributed by atoms with E-state index in [-0.39, 0.29) is 11.8 Å². The number of nitrogens with two attached hydrogens (primary N) is 1. The van der Waals surface area contributed by atoms with Crippen LogP contribution in [0.25, 0.3) is 0 Å². The summed E-state index contributed by atoms with van der Waals surface area (Å²) in [7, 11) is 0. The smallest absolute Gasteiger partial charge is 0.180 e.